The molecule has 0 fully saturated rings. The molecule has 0 heterocycles. The van der Waals surface area contributed by atoms with E-state index in [1.54, 1.807) is 24.3 Å². The largest absolute Gasteiger partial charge is 0.321 e. The van der Waals surface area contributed by atoms with Crippen LogP contribution < -0.4 is 5.32 Å². The Labute approximate surface area is 113 Å². The Morgan fingerprint density at radius 2 is 1.71 bits per heavy atom. The second kappa shape index (κ2) is 5.34. The van der Waals surface area contributed by atoms with Gasteiger partial charge in [-0.25, -0.2) is 0 Å². The fraction of sp³-hybridized carbons (Fsp3) is 0. The third kappa shape index (κ3) is 3.08. The molecular formula is C13H9BrClNO. The van der Waals surface area contributed by atoms with Gasteiger partial charge >= 0.3 is 0 Å². The Bertz CT molecular complexity index is 539. The summed E-state index contributed by atoms with van der Waals surface area (Å²) < 4.78 is 0.849. The van der Waals surface area contributed by atoms with Gasteiger partial charge in [0.05, 0.1) is 5.69 Å². The standard InChI is InChI=1S/C13H9BrClNO/c14-11-3-1-2-4-12(11)16-13(17)9-5-7-10(15)8-6-9/h1-8H,(H,16,17). The summed E-state index contributed by atoms with van der Waals surface area (Å²) in [7, 11) is 0. The minimum atomic E-state index is -0.159. The van der Waals surface area contributed by atoms with Crippen LogP contribution in [0.5, 0.6) is 0 Å². The number of rotatable bonds is 2. The minimum absolute atomic E-state index is 0.159. The van der Waals surface area contributed by atoms with Crippen LogP contribution in [0.1, 0.15) is 10.4 Å². The zero-order valence-electron chi connectivity index (χ0n) is 8.78. The van der Waals surface area contributed by atoms with Crippen LogP contribution in [-0.4, -0.2) is 5.91 Å². The van der Waals surface area contributed by atoms with Gasteiger partial charge in [-0.3, -0.25) is 4.79 Å². The van der Waals surface area contributed by atoms with Crippen molar-refractivity contribution in [2.45, 2.75) is 0 Å². The Hall–Kier alpha value is -1.32. The molecule has 0 bridgehead atoms. The predicted octanol–water partition coefficient (Wildman–Crippen LogP) is 4.35. The molecule has 0 atom stereocenters. The van der Waals surface area contributed by atoms with E-state index in [9.17, 15) is 4.79 Å². The SMILES string of the molecule is O=C(Nc1ccccc1Br)c1ccc(Cl)cc1. The van der Waals surface area contributed by atoms with E-state index in [-0.39, 0.29) is 5.91 Å². The number of para-hydroxylation sites is 1. The molecule has 2 aromatic rings. The van der Waals surface area contributed by atoms with E-state index in [2.05, 4.69) is 21.2 Å². The molecule has 0 spiro atoms. The smallest absolute Gasteiger partial charge is 0.255 e. The van der Waals surface area contributed by atoms with Gasteiger partial charge in [0.2, 0.25) is 0 Å². The van der Waals surface area contributed by atoms with Crippen molar-refractivity contribution in [3.8, 4) is 0 Å². The molecule has 86 valence electrons. The lowest BCUT2D eigenvalue weighted by atomic mass is 10.2. The van der Waals surface area contributed by atoms with Gasteiger partial charge in [-0.15, -0.1) is 0 Å². The number of anilines is 1. The number of carbonyl (C=O) groups excluding carboxylic acids is 1. The van der Waals surface area contributed by atoms with Gasteiger partial charge in [-0.05, 0) is 52.3 Å². The first-order chi connectivity index (χ1) is 8.16. The first-order valence-electron chi connectivity index (χ1n) is 4.98. The van der Waals surface area contributed by atoms with Crippen LogP contribution in [0.2, 0.25) is 5.02 Å². The molecule has 4 heteroatoms. The molecule has 0 aliphatic heterocycles. The summed E-state index contributed by atoms with van der Waals surface area (Å²) in [6, 6.07) is 14.2. The number of hydrogen-bond acceptors (Lipinski definition) is 1. The highest BCUT2D eigenvalue weighted by atomic mass is 79.9. The molecule has 1 N–H and O–H groups in total. The molecule has 2 nitrogen and oxygen atoms in total. The van der Waals surface area contributed by atoms with Crippen molar-refractivity contribution in [2.24, 2.45) is 0 Å². The monoisotopic (exact) mass is 309 g/mol. The molecule has 2 aromatic carbocycles. The molecule has 17 heavy (non-hydrogen) atoms. The van der Waals surface area contributed by atoms with Gasteiger partial charge in [-0.1, -0.05) is 23.7 Å². The van der Waals surface area contributed by atoms with Gasteiger partial charge in [0.1, 0.15) is 0 Å². The molecule has 0 aromatic heterocycles. The number of nitrogens with one attached hydrogen (secondary N) is 1. The summed E-state index contributed by atoms with van der Waals surface area (Å²) in [5.41, 5.74) is 1.32. The van der Waals surface area contributed by atoms with E-state index in [1.165, 1.54) is 0 Å². The average molecular weight is 311 g/mol. The van der Waals surface area contributed by atoms with Gasteiger partial charge in [-0.2, -0.15) is 0 Å². The fourth-order valence-electron chi connectivity index (χ4n) is 1.36. The van der Waals surface area contributed by atoms with Crippen LogP contribution in [-0.2, 0) is 0 Å². The van der Waals surface area contributed by atoms with E-state index in [0.29, 0.717) is 10.6 Å². The van der Waals surface area contributed by atoms with Crippen molar-refractivity contribution in [1.29, 1.82) is 0 Å². The number of amides is 1. The van der Waals surface area contributed by atoms with Crippen molar-refractivity contribution < 1.29 is 4.79 Å². The summed E-state index contributed by atoms with van der Waals surface area (Å²) in [6.07, 6.45) is 0. The molecule has 2 rings (SSSR count). The number of benzene rings is 2. The minimum Gasteiger partial charge on any atom is -0.321 e. The van der Waals surface area contributed by atoms with Crippen LogP contribution in [0, 0.1) is 0 Å². The van der Waals surface area contributed by atoms with E-state index in [4.69, 9.17) is 11.6 Å². The molecule has 0 saturated carbocycles. The molecule has 1 amide bonds. The first kappa shape index (κ1) is 12.1. The Morgan fingerprint density at radius 3 is 2.35 bits per heavy atom. The lowest BCUT2D eigenvalue weighted by molar-refractivity contribution is 0.102. The Kier molecular flexibility index (Phi) is 3.82. The second-order valence-corrected chi connectivity index (χ2v) is 4.73. The Balaban J connectivity index is 2.17. The Morgan fingerprint density at radius 1 is 1.06 bits per heavy atom. The normalized spacial score (nSPS) is 10.0. The zero-order valence-corrected chi connectivity index (χ0v) is 11.1. The summed E-state index contributed by atoms with van der Waals surface area (Å²) >= 11 is 9.14. The van der Waals surface area contributed by atoms with Gasteiger partial charge in [0.25, 0.3) is 5.91 Å². The quantitative estimate of drug-likeness (QED) is 0.877. The van der Waals surface area contributed by atoms with E-state index < -0.39 is 0 Å². The van der Waals surface area contributed by atoms with Crippen molar-refractivity contribution in [3.05, 3.63) is 63.6 Å². The van der Waals surface area contributed by atoms with Crippen LogP contribution in [0.25, 0.3) is 0 Å². The zero-order chi connectivity index (χ0) is 12.3. The molecule has 0 saturated heterocycles. The van der Waals surface area contributed by atoms with Crippen molar-refractivity contribution in [3.63, 3.8) is 0 Å². The van der Waals surface area contributed by atoms with E-state index in [0.717, 1.165) is 10.2 Å². The molecule has 0 aliphatic carbocycles. The molecular weight excluding hydrogens is 302 g/mol. The highest BCUT2D eigenvalue weighted by Gasteiger charge is 2.07. The van der Waals surface area contributed by atoms with Gasteiger partial charge < -0.3 is 5.32 Å². The topological polar surface area (TPSA) is 29.1 Å². The number of carbonyl (C=O) groups is 1. The maximum absolute atomic E-state index is 11.9. The van der Waals surface area contributed by atoms with E-state index in [1.807, 2.05) is 24.3 Å². The highest BCUT2D eigenvalue weighted by Crippen LogP contribution is 2.22. The summed E-state index contributed by atoms with van der Waals surface area (Å²) in [4.78, 5) is 11.9. The second-order valence-electron chi connectivity index (χ2n) is 3.44. The van der Waals surface area contributed by atoms with Crippen molar-refractivity contribution >= 4 is 39.1 Å². The third-order valence-electron chi connectivity index (χ3n) is 2.23. The average Bonchev–Trinajstić information content (AvgIpc) is 2.33. The lowest BCUT2D eigenvalue weighted by Crippen LogP contribution is -2.11. The summed E-state index contributed by atoms with van der Waals surface area (Å²) in [5, 5.41) is 3.43. The number of halogens is 2. The third-order valence-corrected chi connectivity index (χ3v) is 3.17. The maximum atomic E-state index is 11.9. The predicted molar refractivity (Wildman–Crippen MR) is 73.5 cm³/mol. The van der Waals surface area contributed by atoms with Crippen LogP contribution >= 0.6 is 27.5 Å². The van der Waals surface area contributed by atoms with Gasteiger partial charge in [0, 0.05) is 15.1 Å². The van der Waals surface area contributed by atoms with Crippen molar-refractivity contribution in [2.75, 3.05) is 5.32 Å². The molecule has 0 radical (unpaired) electrons. The summed E-state index contributed by atoms with van der Waals surface area (Å²) in [6.45, 7) is 0. The highest BCUT2D eigenvalue weighted by molar-refractivity contribution is 9.10. The van der Waals surface area contributed by atoms with Gasteiger partial charge in [0.15, 0.2) is 0 Å². The summed E-state index contributed by atoms with van der Waals surface area (Å²) in [5.74, 6) is -0.159. The number of hydrogen-bond donors (Lipinski definition) is 1. The van der Waals surface area contributed by atoms with Crippen LogP contribution in [0.3, 0.4) is 0 Å². The lowest BCUT2D eigenvalue weighted by Gasteiger charge is -2.06. The van der Waals surface area contributed by atoms with Crippen LogP contribution in [0.4, 0.5) is 5.69 Å². The van der Waals surface area contributed by atoms with E-state index >= 15 is 0 Å². The molecule has 0 unspecified atom stereocenters. The first-order valence-corrected chi connectivity index (χ1v) is 6.15. The fourth-order valence-corrected chi connectivity index (χ4v) is 1.87. The van der Waals surface area contributed by atoms with Crippen LogP contribution in [0.15, 0.2) is 53.0 Å². The van der Waals surface area contributed by atoms with Crippen molar-refractivity contribution in [1.82, 2.24) is 0 Å². The molecule has 0 aliphatic rings. The maximum Gasteiger partial charge on any atom is 0.255 e.